The molecule has 2 heterocycles. The van der Waals surface area contributed by atoms with Gasteiger partial charge < -0.3 is 4.42 Å². The van der Waals surface area contributed by atoms with E-state index in [-0.39, 0.29) is 4.87 Å². The first-order chi connectivity index (χ1) is 9.06. The Bertz CT molecular complexity index is 793. The Kier molecular flexibility index (Phi) is 2.99. The lowest BCUT2D eigenvalue weighted by Crippen LogP contribution is -2.14. The van der Waals surface area contributed by atoms with E-state index in [1.54, 1.807) is 16.9 Å². The molecule has 0 atom stereocenters. The third kappa shape index (κ3) is 2.11. The van der Waals surface area contributed by atoms with Crippen LogP contribution in [0.3, 0.4) is 0 Å². The molecule has 98 valence electrons. The van der Waals surface area contributed by atoms with Gasteiger partial charge in [0.15, 0.2) is 0 Å². The summed E-state index contributed by atoms with van der Waals surface area (Å²) in [7, 11) is 0. The van der Waals surface area contributed by atoms with Crippen molar-refractivity contribution in [3.05, 3.63) is 56.0 Å². The number of halogens is 1. The summed E-state index contributed by atoms with van der Waals surface area (Å²) < 4.78 is 8.08. The fourth-order valence-corrected chi connectivity index (χ4v) is 3.21. The topological polar surface area (TPSA) is 35.1 Å². The van der Waals surface area contributed by atoms with Gasteiger partial charge in [0.05, 0.1) is 23.0 Å². The summed E-state index contributed by atoms with van der Waals surface area (Å²) in [4.78, 5) is 12.1. The maximum absolute atomic E-state index is 12.1. The van der Waals surface area contributed by atoms with Gasteiger partial charge >= 0.3 is 4.87 Å². The van der Waals surface area contributed by atoms with Crippen molar-refractivity contribution < 1.29 is 4.42 Å². The van der Waals surface area contributed by atoms with Crippen molar-refractivity contribution in [3.63, 3.8) is 0 Å². The lowest BCUT2D eigenvalue weighted by atomic mass is 10.1. The maximum Gasteiger partial charge on any atom is 0.308 e. The number of aryl methyl sites for hydroxylation is 2. The van der Waals surface area contributed by atoms with Crippen LogP contribution in [-0.4, -0.2) is 4.57 Å². The van der Waals surface area contributed by atoms with Crippen LogP contribution in [0.4, 0.5) is 0 Å². The first kappa shape index (κ1) is 12.5. The first-order valence-electron chi connectivity index (χ1n) is 5.88. The summed E-state index contributed by atoms with van der Waals surface area (Å²) in [6.07, 6.45) is 1.72. The van der Waals surface area contributed by atoms with Gasteiger partial charge in [-0.2, -0.15) is 0 Å². The largest absolute Gasteiger partial charge is 0.469 e. The average Bonchev–Trinajstić information content (AvgIpc) is 2.84. The quantitative estimate of drug-likeness (QED) is 0.716. The van der Waals surface area contributed by atoms with Gasteiger partial charge in [0, 0.05) is 10.6 Å². The average molecular weight is 294 g/mol. The van der Waals surface area contributed by atoms with Gasteiger partial charge in [-0.05, 0) is 37.6 Å². The van der Waals surface area contributed by atoms with Crippen LogP contribution in [0.25, 0.3) is 10.2 Å². The molecule has 0 aliphatic rings. The number of fused-ring (bicyclic) bond motifs is 1. The monoisotopic (exact) mass is 293 g/mol. The molecule has 3 aromatic rings. The van der Waals surface area contributed by atoms with Crippen LogP contribution in [0.5, 0.6) is 0 Å². The Morgan fingerprint density at radius 3 is 2.84 bits per heavy atom. The van der Waals surface area contributed by atoms with Gasteiger partial charge in [-0.1, -0.05) is 22.9 Å². The van der Waals surface area contributed by atoms with Crippen molar-refractivity contribution in [3.8, 4) is 0 Å². The molecule has 0 N–H and O–H groups in total. The number of furan rings is 1. The number of benzene rings is 1. The molecule has 0 aliphatic heterocycles. The Balaban J connectivity index is 2.18. The summed E-state index contributed by atoms with van der Waals surface area (Å²) >= 11 is 7.25. The van der Waals surface area contributed by atoms with Crippen LogP contribution in [0, 0.1) is 13.8 Å². The molecule has 1 aromatic carbocycles. The molecule has 0 spiro atoms. The zero-order valence-electron chi connectivity index (χ0n) is 10.6. The molecule has 2 aromatic heterocycles. The highest BCUT2D eigenvalue weighted by Crippen LogP contribution is 2.24. The molecule has 0 aliphatic carbocycles. The van der Waals surface area contributed by atoms with Crippen LogP contribution < -0.4 is 4.87 Å². The molecule has 0 bridgehead atoms. The van der Waals surface area contributed by atoms with E-state index in [0.717, 1.165) is 27.1 Å². The van der Waals surface area contributed by atoms with E-state index in [1.807, 2.05) is 26.0 Å². The summed E-state index contributed by atoms with van der Waals surface area (Å²) in [5, 5.41) is 0.639. The lowest BCUT2D eigenvalue weighted by Gasteiger charge is -2.04. The zero-order chi connectivity index (χ0) is 13.6. The van der Waals surface area contributed by atoms with E-state index >= 15 is 0 Å². The van der Waals surface area contributed by atoms with Crippen molar-refractivity contribution in [1.29, 1.82) is 0 Å². The number of hydrogen-bond donors (Lipinski definition) is 0. The first-order valence-corrected chi connectivity index (χ1v) is 7.08. The second-order valence-electron chi connectivity index (χ2n) is 4.52. The fraction of sp³-hybridized carbons (Fsp3) is 0.214. The third-order valence-electron chi connectivity index (χ3n) is 3.26. The minimum Gasteiger partial charge on any atom is -0.469 e. The molecule has 3 rings (SSSR count). The maximum atomic E-state index is 12.1. The van der Waals surface area contributed by atoms with Gasteiger partial charge in [-0.15, -0.1) is 0 Å². The van der Waals surface area contributed by atoms with Gasteiger partial charge in [0.1, 0.15) is 5.76 Å². The highest BCUT2D eigenvalue weighted by molar-refractivity contribution is 7.16. The minimum atomic E-state index is 0.0252. The second-order valence-corrected chi connectivity index (χ2v) is 5.95. The molecule has 0 saturated heterocycles. The van der Waals surface area contributed by atoms with Crippen LogP contribution in [0.1, 0.15) is 16.9 Å². The predicted molar refractivity (Wildman–Crippen MR) is 78.4 cm³/mol. The smallest absolute Gasteiger partial charge is 0.308 e. The summed E-state index contributed by atoms with van der Waals surface area (Å²) in [6, 6.07) is 5.52. The Morgan fingerprint density at radius 2 is 2.16 bits per heavy atom. The van der Waals surface area contributed by atoms with Gasteiger partial charge in [-0.3, -0.25) is 9.36 Å². The normalized spacial score (nSPS) is 11.3. The van der Waals surface area contributed by atoms with Gasteiger partial charge in [-0.25, -0.2) is 0 Å². The lowest BCUT2D eigenvalue weighted by molar-refractivity contribution is 0.527. The summed E-state index contributed by atoms with van der Waals surface area (Å²) in [5.74, 6) is 0.853. The van der Waals surface area contributed by atoms with Gasteiger partial charge in [0.2, 0.25) is 0 Å². The van der Waals surface area contributed by atoms with Crippen LogP contribution in [-0.2, 0) is 6.54 Å². The van der Waals surface area contributed by atoms with Crippen molar-refractivity contribution in [2.24, 2.45) is 0 Å². The van der Waals surface area contributed by atoms with E-state index in [2.05, 4.69) is 0 Å². The second kappa shape index (κ2) is 4.54. The van der Waals surface area contributed by atoms with E-state index in [4.69, 9.17) is 16.0 Å². The van der Waals surface area contributed by atoms with Crippen molar-refractivity contribution in [1.82, 2.24) is 4.57 Å². The summed E-state index contributed by atoms with van der Waals surface area (Å²) in [5.41, 5.74) is 3.00. The SMILES string of the molecule is Cc1coc(C)c1Cn1c(=O)sc2ccc(Cl)cc21. The standard InChI is InChI=1S/C14H12ClNO2S/c1-8-7-18-9(2)11(8)6-16-12-5-10(15)3-4-13(12)19-14(16)17/h3-5,7H,6H2,1-2H3. The number of aromatic nitrogens is 1. The highest BCUT2D eigenvalue weighted by Gasteiger charge is 2.13. The van der Waals surface area contributed by atoms with Crippen LogP contribution in [0.2, 0.25) is 5.02 Å². The molecule has 0 saturated carbocycles. The number of rotatable bonds is 2. The van der Waals surface area contributed by atoms with E-state index in [0.29, 0.717) is 11.6 Å². The Hall–Kier alpha value is -1.52. The molecular weight excluding hydrogens is 282 g/mol. The minimum absolute atomic E-state index is 0.0252. The third-order valence-corrected chi connectivity index (χ3v) is 4.45. The van der Waals surface area contributed by atoms with E-state index in [1.165, 1.54) is 11.3 Å². The highest BCUT2D eigenvalue weighted by atomic mass is 35.5. The van der Waals surface area contributed by atoms with Crippen LogP contribution in [0.15, 0.2) is 33.7 Å². The predicted octanol–water partition coefficient (Wildman–Crippen LogP) is 3.97. The summed E-state index contributed by atoms with van der Waals surface area (Å²) in [6.45, 7) is 4.42. The molecule has 3 nitrogen and oxygen atoms in total. The van der Waals surface area contributed by atoms with Crippen LogP contribution >= 0.6 is 22.9 Å². The number of hydrogen-bond acceptors (Lipinski definition) is 3. The van der Waals surface area contributed by atoms with E-state index in [9.17, 15) is 4.79 Å². The van der Waals surface area contributed by atoms with Crippen molar-refractivity contribution >= 4 is 33.2 Å². The molecule has 19 heavy (non-hydrogen) atoms. The van der Waals surface area contributed by atoms with Crippen molar-refractivity contribution in [2.45, 2.75) is 20.4 Å². The number of nitrogens with zero attached hydrogens (tertiary/aromatic N) is 1. The molecule has 0 fully saturated rings. The molecule has 0 unspecified atom stereocenters. The number of thiazole rings is 1. The molecule has 0 amide bonds. The zero-order valence-corrected chi connectivity index (χ0v) is 12.1. The molecule has 5 heteroatoms. The van der Waals surface area contributed by atoms with Gasteiger partial charge in [0.25, 0.3) is 0 Å². The molecule has 0 radical (unpaired) electrons. The fourth-order valence-electron chi connectivity index (χ4n) is 2.18. The van der Waals surface area contributed by atoms with E-state index < -0.39 is 0 Å². The Labute approximate surface area is 119 Å². The Morgan fingerprint density at radius 1 is 1.37 bits per heavy atom. The van der Waals surface area contributed by atoms with Crippen molar-refractivity contribution in [2.75, 3.05) is 0 Å². The molecular formula is C14H12ClNO2S.